The summed E-state index contributed by atoms with van der Waals surface area (Å²) in [4.78, 5) is 0. The zero-order chi connectivity index (χ0) is 16.9. The number of hydrogen-bond acceptors (Lipinski definition) is 2. The Kier molecular flexibility index (Phi) is 5.64. The molecule has 0 amide bonds. The second-order valence-corrected chi connectivity index (χ2v) is 9.31. The maximum absolute atomic E-state index is 12.3. The minimum absolute atomic E-state index is 0.0904. The fourth-order valence-electron chi connectivity index (χ4n) is 2.57. The maximum atomic E-state index is 12.3. The minimum atomic E-state index is -3.05. The summed E-state index contributed by atoms with van der Waals surface area (Å²) < 4.78 is 24.5. The molecule has 2 aromatic rings. The van der Waals surface area contributed by atoms with Gasteiger partial charge in [-0.3, -0.25) is 0 Å². The molecule has 0 saturated heterocycles. The van der Waals surface area contributed by atoms with Gasteiger partial charge in [-0.05, 0) is 34.9 Å². The van der Waals surface area contributed by atoms with Gasteiger partial charge < -0.3 is 0 Å². The van der Waals surface area contributed by atoms with Gasteiger partial charge in [0, 0.05) is 0 Å². The highest BCUT2D eigenvalue weighted by Crippen LogP contribution is 2.22. The molecule has 0 aliphatic carbocycles. The molecule has 2 rings (SSSR count). The molecule has 2 aromatic carbocycles. The van der Waals surface area contributed by atoms with Crippen molar-refractivity contribution in [1.82, 2.24) is 0 Å². The Labute approximate surface area is 140 Å². The van der Waals surface area contributed by atoms with Crippen LogP contribution in [0.3, 0.4) is 0 Å². The van der Waals surface area contributed by atoms with Crippen molar-refractivity contribution in [2.75, 3.05) is 5.75 Å². The first-order valence-corrected chi connectivity index (χ1v) is 9.92. The van der Waals surface area contributed by atoms with Crippen molar-refractivity contribution in [3.63, 3.8) is 0 Å². The predicted molar refractivity (Wildman–Crippen MR) is 97.4 cm³/mol. The SMILES string of the molecule is CC(C)(C)c1ccc(CS(=O)(=O)CCCc2ccccc2)cc1. The molecule has 23 heavy (non-hydrogen) atoms. The topological polar surface area (TPSA) is 34.1 Å². The third-order valence-corrected chi connectivity index (χ3v) is 5.65. The van der Waals surface area contributed by atoms with Crippen molar-refractivity contribution < 1.29 is 8.42 Å². The zero-order valence-electron chi connectivity index (χ0n) is 14.2. The fourth-order valence-corrected chi connectivity index (χ4v) is 4.00. The summed E-state index contributed by atoms with van der Waals surface area (Å²) in [6.07, 6.45) is 1.48. The molecule has 3 heteroatoms. The van der Waals surface area contributed by atoms with Crippen molar-refractivity contribution in [3.8, 4) is 0 Å². The van der Waals surface area contributed by atoms with E-state index >= 15 is 0 Å². The summed E-state index contributed by atoms with van der Waals surface area (Å²) in [5, 5.41) is 0. The van der Waals surface area contributed by atoms with Gasteiger partial charge in [-0.2, -0.15) is 0 Å². The Morgan fingerprint density at radius 1 is 0.826 bits per heavy atom. The van der Waals surface area contributed by atoms with Gasteiger partial charge in [0.25, 0.3) is 0 Å². The number of benzene rings is 2. The molecule has 124 valence electrons. The summed E-state index contributed by atoms with van der Waals surface area (Å²) in [5.41, 5.74) is 3.38. The van der Waals surface area contributed by atoms with Crippen LogP contribution in [-0.4, -0.2) is 14.2 Å². The average Bonchev–Trinajstić information content (AvgIpc) is 2.47. The van der Waals surface area contributed by atoms with Gasteiger partial charge in [-0.15, -0.1) is 0 Å². The Morgan fingerprint density at radius 3 is 2.00 bits per heavy atom. The molecule has 0 aliphatic heterocycles. The fraction of sp³-hybridized carbons (Fsp3) is 0.400. The first kappa shape index (κ1) is 17.7. The number of hydrogen-bond donors (Lipinski definition) is 0. The molecular formula is C20H26O2S. The van der Waals surface area contributed by atoms with Crippen LogP contribution in [0.15, 0.2) is 54.6 Å². The summed E-state index contributed by atoms with van der Waals surface area (Å²) >= 11 is 0. The molecule has 0 saturated carbocycles. The Hall–Kier alpha value is -1.61. The van der Waals surface area contributed by atoms with Crippen molar-refractivity contribution in [3.05, 3.63) is 71.3 Å². The number of aryl methyl sites for hydroxylation is 1. The molecule has 0 N–H and O–H groups in total. The van der Waals surface area contributed by atoms with E-state index < -0.39 is 9.84 Å². The lowest BCUT2D eigenvalue weighted by Crippen LogP contribution is -2.12. The van der Waals surface area contributed by atoms with Crippen LogP contribution < -0.4 is 0 Å². The van der Waals surface area contributed by atoms with Gasteiger partial charge in [0.1, 0.15) is 0 Å². The van der Waals surface area contributed by atoms with Crippen molar-refractivity contribution in [2.24, 2.45) is 0 Å². The maximum Gasteiger partial charge on any atom is 0.154 e. The van der Waals surface area contributed by atoms with E-state index in [1.54, 1.807) is 0 Å². The summed E-state index contributed by atoms with van der Waals surface area (Å²) in [5.74, 6) is 0.370. The lowest BCUT2D eigenvalue weighted by atomic mass is 9.87. The van der Waals surface area contributed by atoms with Crippen LogP contribution in [0.25, 0.3) is 0 Å². The number of sulfone groups is 1. The Balaban J connectivity index is 1.90. The van der Waals surface area contributed by atoms with E-state index in [0.717, 1.165) is 12.0 Å². The molecule has 0 heterocycles. The zero-order valence-corrected chi connectivity index (χ0v) is 15.1. The third kappa shape index (κ3) is 5.83. The predicted octanol–water partition coefficient (Wildman–Crippen LogP) is 4.53. The molecule has 0 atom stereocenters. The number of rotatable bonds is 6. The van der Waals surface area contributed by atoms with Crippen LogP contribution in [-0.2, 0) is 27.4 Å². The normalized spacial score (nSPS) is 12.3. The largest absolute Gasteiger partial charge is 0.228 e. The van der Waals surface area contributed by atoms with E-state index in [4.69, 9.17) is 0 Å². The van der Waals surface area contributed by atoms with E-state index in [1.165, 1.54) is 11.1 Å². The first-order chi connectivity index (χ1) is 10.8. The van der Waals surface area contributed by atoms with Gasteiger partial charge in [0.2, 0.25) is 0 Å². The van der Waals surface area contributed by atoms with Crippen LogP contribution in [0.2, 0.25) is 0 Å². The van der Waals surface area contributed by atoms with Gasteiger partial charge >= 0.3 is 0 Å². The quantitative estimate of drug-likeness (QED) is 0.779. The molecule has 0 unspecified atom stereocenters. The second-order valence-electron chi connectivity index (χ2n) is 7.13. The molecule has 0 aromatic heterocycles. The first-order valence-electron chi connectivity index (χ1n) is 8.10. The van der Waals surface area contributed by atoms with E-state index in [9.17, 15) is 8.42 Å². The highest BCUT2D eigenvalue weighted by atomic mass is 32.2. The van der Waals surface area contributed by atoms with E-state index in [1.807, 2.05) is 54.6 Å². The molecule has 0 radical (unpaired) electrons. The van der Waals surface area contributed by atoms with Crippen molar-refractivity contribution >= 4 is 9.84 Å². The summed E-state index contributed by atoms with van der Waals surface area (Å²) in [7, 11) is -3.05. The van der Waals surface area contributed by atoms with Crippen LogP contribution in [0.4, 0.5) is 0 Å². The molecular weight excluding hydrogens is 304 g/mol. The van der Waals surface area contributed by atoms with Crippen LogP contribution in [0, 0.1) is 0 Å². The monoisotopic (exact) mass is 330 g/mol. The third-order valence-electron chi connectivity index (χ3n) is 3.97. The lowest BCUT2D eigenvalue weighted by Gasteiger charge is -2.19. The van der Waals surface area contributed by atoms with E-state index in [2.05, 4.69) is 20.8 Å². The van der Waals surface area contributed by atoms with Gasteiger partial charge in [-0.1, -0.05) is 75.4 Å². The van der Waals surface area contributed by atoms with Crippen LogP contribution >= 0.6 is 0 Å². The molecule has 0 aliphatic rings. The van der Waals surface area contributed by atoms with E-state index in [-0.39, 0.29) is 16.9 Å². The van der Waals surface area contributed by atoms with Gasteiger partial charge in [0.15, 0.2) is 9.84 Å². The highest BCUT2D eigenvalue weighted by molar-refractivity contribution is 7.90. The smallest absolute Gasteiger partial charge is 0.154 e. The second kappa shape index (κ2) is 7.31. The average molecular weight is 330 g/mol. The van der Waals surface area contributed by atoms with Crippen molar-refractivity contribution in [1.29, 1.82) is 0 Å². The lowest BCUT2D eigenvalue weighted by molar-refractivity contribution is 0.589. The highest BCUT2D eigenvalue weighted by Gasteiger charge is 2.15. The summed E-state index contributed by atoms with van der Waals surface area (Å²) in [6.45, 7) is 6.47. The van der Waals surface area contributed by atoms with Crippen molar-refractivity contribution in [2.45, 2.75) is 44.8 Å². The molecule has 0 bridgehead atoms. The minimum Gasteiger partial charge on any atom is -0.228 e. The van der Waals surface area contributed by atoms with Gasteiger partial charge in [0.05, 0.1) is 11.5 Å². The molecule has 0 spiro atoms. The van der Waals surface area contributed by atoms with E-state index in [0.29, 0.717) is 6.42 Å². The Bertz CT molecular complexity index is 708. The molecule has 2 nitrogen and oxygen atoms in total. The van der Waals surface area contributed by atoms with Gasteiger partial charge in [-0.25, -0.2) is 8.42 Å². The molecule has 0 fully saturated rings. The Morgan fingerprint density at radius 2 is 1.43 bits per heavy atom. The summed E-state index contributed by atoms with van der Waals surface area (Å²) in [6, 6.07) is 18.0. The van der Waals surface area contributed by atoms with Crippen LogP contribution in [0.1, 0.15) is 43.9 Å². The standard InChI is InChI=1S/C20H26O2S/c1-20(2,3)19-13-11-18(12-14-19)16-23(21,22)15-7-10-17-8-5-4-6-9-17/h4-6,8-9,11-14H,7,10,15-16H2,1-3H3. The van der Waals surface area contributed by atoms with Crippen LogP contribution in [0.5, 0.6) is 0 Å².